The number of carbonyl (C=O) groups is 2. The van der Waals surface area contributed by atoms with Crippen LogP contribution in [0, 0.1) is 11.8 Å². The van der Waals surface area contributed by atoms with E-state index in [1.807, 2.05) is 27.7 Å². The summed E-state index contributed by atoms with van der Waals surface area (Å²) >= 11 is 0. The standard InChI is InChI=1S/C13H25NO4/c1-9(2)7-17-12(15)5-11(14)6-13(16)18-8-10(3)4/h9-11H,5-8,14H2,1-4H3. The minimum absolute atomic E-state index is 0.0451. The van der Waals surface area contributed by atoms with E-state index in [1.165, 1.54) is 0 Å². The first kappa shape index (κ1) is 16.9. The van der Waals surface area contributed by atoms with Gasteiger partial charge in [0.2, 0.25) is 0 Å². The Morgan fingerprint density at radius 1 is 0.889 bits per heavy atom. The molecule has 0 bridgehead atoms. The van der Waals surface area contributed by atoms with E-state index >= 15 is 0 Å². The molecule has 0 aromatic heterocycles. The van der Waals surface area contributed by atoms with Crippen molar-refractivity contribution in [2.24, 2.45) is 17.6 Å². The molecule has 0 aromatic rings. The second-order valence-electron chi connectivity index (χ2n) is 5.32. The van der Waals surface area contributed by atoms with E-state index in [0.717, 1.165) is 0 Å². The van der Waals surface area contributed by atoms with Crippen LogP contribution < -0.4 is 5.73 Å². The average Bonchev–Trinajstić information content (AvgIpc) is 2.23. The van der Waals surface area contributed by atoms with Gasteiger partial charge in [-0.15, -0.1) is 0 Å². The van der Waals surface area contributed by atoms with Gasteiger partial charge in [0.15, 0.2) is 0 Å². The molecule has 0 radical (unpaired) electrons. The fourth-order valence-corrected chi connectivity index (χ4v) is 1.14. The highest BCUT2D eigenvalue weighted by molar-refractivity contribution is 5.73. The van der Waals surface area contributed by atoms with Gasteiger partial charge in [-0.05, 0) is 11.8 Å². The highest BCUT2D eigenvalue weighted by atomic mass is 16.5. The van der Waals surface area contributed by atoms with Gasteiger partial charge in [-0.1, -0.05) is 27.7 Å². The Morgan fingerprint density at radius 2 is 1.22 bits per heavy atom. The topological polar surface area (TPSA) is 78.6 Å². The first-order chi connectivity index (χ1) is 8.31. The van der Waals surface area contributed by atoms with Gasteiger partial charge < -0.3 is 15.2 Å². The van der Waals surface area contributed by atoms with Gasteiger partial charge in [-0.2, -0.15) is 0 Å². The lowest BCUT2D eigenvalue weighted by molar-refractivity contribution is -0.147. The number of ether oxygens (including phenoxy) is 2. The van der Waals surface area contributed by atoms with Crippen molar-refractivity contribution in [1.29, 1.82) is 0 Å². The predicted octanol–water partition coefficient (Wildman–Crippen LogP) is 1.49. The van der Waals surface area contributed by atoms with Crippen LogP contribution in [0.5, 0.6) is 0 Å². The molecule has 106 valence electrons. The van der Waals surface area contributed by atoms with Gasteiger partial charge in [0.1, 0.15) is 0 Å². The average molecular weight is 259 g/mol. The van der Waals surface area contributed by atoms with Crippen molar-refractivity contribution in [2.45, 2.75) is 46.6 Å². The van der Waals surface area contributed by atoms with E-state index < -0.39 is 6.04 Å². The lowest BCUT2D eigenvalue weighted by atomic mass is 10.1. The summed E-state index contributed by atoms with van der Waals surface area (Å²) in [4.78, 5) is 22.7. The molecule has 18 heavy (non-hydrogen) atoms. The van der Waals surface area contributed by atoms with E-state index in [4.69, 9.17) is 15.2 Å². The van der Waals surface area contributed by atoms with Gasteiger partial charge in [0, 0.05) is 6.04 Å². The minimum atomic E-state index is -0.538. The summed E-state index contributed by atoms with van der Waals surface area (Å²) in [6, 6.07) is -0.538. The first-order valence-corrected chi connectivity index (χ1v) is 6.38. The first-order valence-electron chi connectivity index (χ1n) is 6.38. The van der Waals surface area contributed by atoms with Crippen LogP contribution in [0.2, 0.25) is 0 Å². The molecule has 0 atom stereocenters. The molecule has 0 spiro atoms. The SMILES string of the molecule is CC(C)COC(=O)CC(N)CC(=O)OCC(C)C. The quantitative estimate of drug-likeness (QED) is 0.668. The Hall–Kier alpha value is -1.10. The van der Waals surface area contributed by atoms with Crippen molar-refractivity contribution < 1.29 is 19.1 Å². The molecule has 0 unspecified atom stereocenters. The number of nitrogens with two attached hydrogens (primary N) is 1. The van der Waals surface area contributed by atoms with Crippen molar-refractivity contribution in [3.05, 3.63) is 0 Å². The van der Waals surface area contributed by atoms with Gasteiger partial charge in [0.25, 0.3) is 0 Å². The fraction of sp³-hybridized carbons (Fsp3) is 0.846. The van der Waals surface area contributed by atoms with Crippen LogP contribution in [-0.4, -0.2) is 31.2 Å². The monoisotopic (exact) mass is 259 g/mol. The van der Waals surface area contributed by atoms with E-state index in [0.29, 0.717) is 25.0 Å². The van der Waals surface area contributed by atoms with E-state index in [-0.39, 0.29) is 24.8 Å². The molecule has 0 amide bonds. The van der Waals surface area contributed by atoms with Gasteiger partial charge in [-0.25, -0.2) is 0 Å². The van der Waals surface area contributed by atoms with Crippen LogP contribution in [0.4, 0.5) is 0 Å². The van der Waals surface area contributed by atoms with Crippen LogP contribution >= 0.6 is 0 Å². The van der Waals surface area contributed by atoms with Gasteiger partial charge in [-0.3, -0.25) is 9.59 Å². The fourth-order valence-electron chi connectivity index (χ4n) is 1.14. The Labute approximate surface area is 109 Å². The molecule has 0 saturated carbocycles. The van der Waals surface area contributed by atoms with E-state index in [9.17, 15) is 9.59 Å². The summed E-state index contributed by atoms with van der Waals surface area (Å²) in [5, 5.41) is 0. The Bertz CT molecular complexity index is 238. The molecule has 0 heterocycles. The van der Waals surface area contributed by atoms with Crippen molar-refractivity contribution in [3.8, 4) is 0 Å². The highest BCUT2D eigenvalue weighted by Crippen LogP contribution is 2.02. The molecule has 5 nitrogen and oxygen atoms in total. The smallest absolute Gasteiger partial charge is 0.307 e. The summed E-state index contributed by atoms with van der Waals surface area (Å²) in [6.07, 6.45) is 0.0903. The molecule has 2 N–H and O–H groups in total. The summed E-state index contributed by atoms with van der Waals surface area (Å²) in [6.45, 7) is 8.58. The minimum Gasteiger partial charge on any atom is -0.465 e. The molecule has 0 fully saturated rings. The predicted molar refractivity (Wildman–Crippen MR) is 68.8 cm³/mol. The van der Waals surface area contributed by atoms with Crippen LogP contribution in [0.15, 0.2) is 0 Å². The highest BCUT2D eigenvalue weighted by Gasteiger charge is 2.16. The summed E-state index contributed by atoms with van der Waals surface area (Å²) in [5.74, 6) is -0.150. The summed E-state index contributed by atoms with van der Waals surface area (Å²) < 4.78 is 9.97. The third-order valence-electron chi connectivity index (χ3n) is 2.01. The van der Waals surface area contributed by atoms with E-state index in [2.05, 4.69) is 0 Å². The van der Waals surface area contributed by atoms with Crippen molar-refractivity contribution in [2.75, 3.05) is 13.2 Å². The third kappa shape index (κ3) is 10.1. The van der Waals surface area contributed by atoms with E-state index in [1.54, 1.807) is 0 Å². The lowest BCUT2D eigenvalue weighted by Gasteiger charge is -2.12. The Kier molecular flexibility index (Phi) is 8.37. The number of rotatable bonds is 8. The number of esters is 2. The number of hydrogen-bond acceptors (Lipinski definition) is 5. The largest absolute Gasteiger partial charge is 0.465 e. The van der Waals surface area contributed by atoms with Crippen LogP contribution in [0.3, 0.4) is 0 Å². The maximum absolute atomic E-state index is 11.4. The van der Waals surface area contributed by atoms with Crippen LogP contribution in [0.1, 0.15) is 40.5 Å². The normalized spacial score (nSPS) is 11.1. The molecule has 0 aliphatic heterocycles. The molecule has 0 aromatic carbocycles. The molecular weight excluding hydrogens is 234 g/mol. The van der Waals surface area contributed by atoms with Crippen molar-refractivity contribution in [1.82, 2.24) is 0 Å². The zero-order chi connectivity index (χ0) is 14.1. The molecule has 5 heteroatoms. The number of carbonyl (C=O) groups excluding carboxylic acids is 2. The molecular formula is C13H25NO4. The second-order valence-corrected chi connectivity index (χ2v) is 5.32. The Balaban J connectivity index is 3.78. The molecule has 0 rings (SSSR count). The number of hydrogen-bond donors (Lipinski definition) is 1. The van der Waals surface area contributed by atoms with Crippen molar-refractivity contribution in [3.63, 3.8) is 0 Å². The van der Waals surface area contributed by atoms with Crippen molar-refractivity contribution >= 4 is 11.9 Å². The van der Waals surface area contributed by atoms with Crippen LogP contribution in [0.25, 0.3) is 0 Å². The second kappa shape index (κ2) is 8.91. The van der Waals surface area contributed by atoms with Crippen LogP contribution in [-0.2, 0) is 19.1 Å². The zero-order valence-corrected chi connectivity index (χ0v) is 11.8. The molecule has 0 saturated heterocycles. The van der Waals surface area contributed by atoms with Gasteiger partial charge >= 0.3 is 11.9 Å². The lowest BCUT2D eigenvalue weighted by Crippen LogP contribution is -2.29. The summed E-state index contributed by atoms with van der Waals surface area (Å²) in [7, 11) is 0. The maximum Gasteiger partial charge on any atom is 0.307 e. The third-order valence-corrected chi connectivity index (χ3v) is 2.01. The zero-order valence-electron chi connectivity index (χ0n) is 11.8. The summed E-state index contributed by atoms with van der Waals surface area (Å²) in [5.41, 5.74) is 5.69. The van der Waals surface area contributed by atoms with Gasteiger partial charge in [0.05, 0.1) is 26.1 Å². The molecule has 0 aliphatic rings. The Morgan fingerprint density at radius 3 is 1.50 bits per heavy atom. The maximum atomic E-state index is 11.4. The molecule has 0 aliphatic carbocycles.